The smallest absolute Gasteiger partial charge is 0.0478 e. The van der Waals surface area contributed by atoms with Crippen LogP contribution in [0.4, 0.5) is 0 Å². The minimum absolute atomic E-state index is 0.649. The van der Waals surface area contributed by atoms with E-state index in [1.54, 1.807) is 0 Å². The van der Waals surface area contributed by atoms with Gasteiger partial charge in [-0.2, -0.15) is 0 Å². The van der Waals surface area contributed by atoms with Gasteiger partial charge in [0.25, 0.3) is 0 Å². The molecule has 0 heterocycles. The standard InChI is InChI=1S/C11H24BrNO/c1-4-14-10-6-9-13(11(2)3)8-5-7-12/h11H,4-10H2,1-3H3. The Labute approximate surface area is 97.1 Å². The van der Waals surface area contributed by atoms with Gasteiger partial charge in [-0.1, -0.05) is 15.9 Å². The molecule has 0 radical (unpaired) electrons. The maximum Gasteiger partial charge on any atom is 0.0478 e. The van der Waals surface area contributed by atoms with E-state index in [1.165, 1.54) is 13.0 Å². The number of ether oxygens (including phenoxy) is 1. The maximum atomic E-state index is 5.33. The predicted molar refractivity (Wildman–Crippen MR) is 66.2 cm³/mol. The Morgan fingerprint density at radius 1 is 1.21 bits per heavy atom. The highest BCUT2D eigenvalue weighted by molar-refractivity contribution is 9.09. The first-order valence-corrected chi connectivity index (χ1v) is 6.72. The van der Waals surface area contributed by atoms with Crippen molar-refractivity contribution in [3.63, 3.8) is 0 Å². The first-order valence-electron chi connectivity index (χ1n) is 5.60. The van der Waals surface area contributed by atoms with Crippen molar-refractivity contribution in [3.05, 3.63) is 0 Å². The molecule has 0 aromatic carbocycles. The second-order valence-electron chi connectivity index (χ2n) is 3.72. The SMILES string of the molecule is CCOCCCN(CCCBr)C(C)C. The molecule has 86 valence electrons. The molecular weight excluding hydrogens is 242 g/mol. The van der Waals surface area contributed by atoms with Crippen LogP contribution in [-0.2, 0) is 4.74 Å². The molecule has 0 aromatic rings. The fourth-order valence-corrected chi connectivity index (χ4v) is 1.66. The molecule has 0 aliphatic heterocycles. The lowest BCUT2D eigenvalue weighted by atomic mass is 10.2. The van der Waals surface area contributed by atoms with Crippen LogP contribution in [0.5, 0.6) is 0 Å². The summed E-state index contributed by atoms with van der Waals surface area (Å²) >= 11 is 3.47. The van der Waals surface area contributed by atoms with Crippen molar-refractivity contribution in [1.29, 1.82) is 0 Å². The molecule has 0 rings (SSSR count). The van der Waals surface area contributed by atoms with E-state index < -0.39 is 0 Å². The Balaban J connectivity index is 3.52. The lowest BCUT2D eigenvalue weighted by molar-refractivity contribution is 0.125. The average Bonchev–Trinajstić information content (AvgIpc) is 2.16. The fourth-order valence-electron chi connectivity index (χ4n) is 1.41. The Morgan fingerprint density at radius 2 is 1.86 bits per heavy atom. The van der Waals surface area contributed by atoms with E-state index in [-0.39, 0.29) is 0 Å². The summed E-state index contributed by atoms with van der Waals surface area (Å²) < 4.78 is 5.33. The van der Waals surface area contributed by atoms with Crippen molar-refractivity contribution in [2.45, 2.75) is 39.7 Å². The second-order valence-corrected chi connectivity index (χ2v) is 4.52. The van der Waals surface area contributed by atoms with Gasteiger partial charge in [0.2, 0.25) is 0 Å². The normalized spacial score (nSPS) is 11.6. The molecule has 0 atom stereocenters. The maximum absolute atomic E-state index is 5.33. The monoisotopic (exact) mass is 265 g/mol. The van der Waals surface area contributed by atoms with Crippen LogP contribution in [0.1, 0.15) is 33.6 Å². The summed E-state index contributed by atoms with van der Waals surface area (Å²) in [6.07, 6.45) is 2.38. The van der Waals surface area contributed by atoms with Crippen LogP contribution in [0.15, 0.2) is 0 Å². The van der Waals surface area contributed by atoms with E-state index in [0.717, 1.165) is 31.5 Å². The molecule has 0 unspecified atom stereocenters. The Bertz CT molecular complexity index is 120. The zero-order valence-electron chi connectivity index (χ0n) is 9.76. The first kappa shape index (κ1) is 14.4. The number of nitrogens with zero attached hydrogens (tertiary/aromatic N) is 1. The lowest BCUT2D eigenvalue weighted by Crippen LogP contribution is -2.33. The van der Waals surface area contributed by atoms with Gasteiger partial charge in [0.05, 0.1) is 0 Å². The molecule has 0 saturated heterocycles. The van der Waals surface area contributed by atoms with Crippen molar-refractivity contribution < 1.29 is 4.74 Å². The third kappa shape index (κ3) is 7.77. The summed E-state index contributed by atoms with van der Waals surface area (Å²) in [6.45, 7) is 10.6. The zero-order chi connectivity index (χ0) is 10.8. The van der Waals surface area contributed by atoms with Crippen LogP contribution >= 0.6 is 15.9 Å². The van der Waals surface area contributed by atoms with Gasteiger partial charge in [-0.05, 0) is 40.2 Å². The molecule has 0 aliphatic carbocycles. The Morgan fingerprint density at radius 3 is 2.36 bits per heavy atom. The van der Waals surface area contributed by atoms with Gasteiger partial charge >= 0.3 is 0 Å². The number of alkyl halides is 1. The van der Waals surface area contributed by atoms with Crippen LogP contribution in [0, 0.1) is 0 Å². The predicted octanol–water partition coefficient (Wildman–Crippen LogP) is 2.91. The summed E-state index contributed by atoms with van der Waals surface area (Å²) in [4.78, 5) is 2.51. The van der Waals surface area contributed by atoms with Crippen LogP contribution in [0.2, 0.25) is 0 Å². The van der Waals surface area contributed by atoms with Crippen LogP contribution in [0.3, 0.4) is 0 Å². The first-order chi connectivity index (χ1) is 6.72. The largest absolute Gasteiger partial charge is 0.382 e. The molecule has 0 bridgehead atoms. The number of hydrogen-bond donors (Lipinski definition) is 0. The lowest BCUT2D eigenvalue weighted by Gasteiger charge is -2.26. The molecule has 3 heteroatoms. The van der Waals surface area contributed by atoms with E-state index in [1.807, 2.05) is 6.92 Å². The molecular formula is C11H24BrNO. The van der Waals surface area contributed by atoms with Gasteiger partial charge in [-0.3, -0.25) is 0 Å². The van der Waals surface area contributed by atoms with Crippen molar-refractivity contribution in [1.82, 2.24) is 4.90 Å². The van der Waals surface area contributed by atoms with E-state index in [0.29, 0.717) is 6.04 Å². The van der Waals surface area contributed by atoms with Gasteiger partial charge in [0, 0.05) is 31.1 Å². The third-order valence-electron chi connectivity index (χ3n) is 2.25. The zero-order valence-corrected chi connectivity index (χ0v) is 11.3. The molecule has 0 aromatic heterocycles. The molecule has 14 heavy (non-hydrogen) atoms. The molecule has 0 saturated carbocycles. The minimum atomic E-state index is 0.649. The van der Waals surface area contributed by atoms with Crippen LogP contribution in [0.25, 0.3) is 0 Å². The minimum Gasteiger partial charge on any atom is -0.382 e. The van der Waals surface area contributed by atoms with Crippen molar-refractivity contribution in [3.8, 4) is 0 Å². The Kier molecular flexibility index (Phi) is 10.2. The van der Waals surface area contributed by atoms with E-state index in [2.05, 4.69) is 34.7 Å². The molecule has 0 fully saturated rings. The van der Waals surface area contributed by atoms with Gasteiger partial charge in [-0.15, -0.1) is 0 Å². The quantitative estimate of drug-likeness (QED) is 0.470. The van der Waals surface area contributed by atoms with Gasteiger partial charge in [-0.25, -0.2) is 0 Å². The summed E-state index contributed by atoms with van der Waals surface area (Å²) in [5.74, 6) is 0. The molecule has 0 N–H and O–H groups in total. The van der Waals surface area contributed by atoms with Crippen molar-refractivity contribution in [2.75, 3.05) is 31.6 Å². The second kappa shape index (κ2) is 9.94. The van der Waals surface area contributed by atoms with Crippen LogP contribution < -0.4 is 0 Å². The molecule has 0 aliphatic rings. The van der Waals surface area contributed by atoms with E-state index in [4.69, 9.17) is 4.74 Å². The highest BCUT2D eigenvalue weighted by Gasteiger charge is 2.07. The fraction of sp³-hybridized carbons (Fsp3) is 1.00. The number of rotatable bonds is 9. The molecule has 0 amide bonds. The molecule has 2 nitrogen and oxygen atoms in total. The summed E-state index contributed by atoms with van der Waals surface area (Å²) in [6, 6.07) is 0.649. The highest BCUT2D eigenvalue weighted by Crippen LogP contribution is 2.02. The summed E-state index contributed by atoms with van der Waals surface area (Å²) in [5, 5.41) is 1.10. The molecule has 0 spiro atoms. The van der Waals surface area contributed by atoms with Crippen LogP contribution in [-0.4, -0.2) is 42.6 Å². The van der Waals surface area contributed by atoms with E-state index >= 15 is 0 Å². The van der Waals surface area contributed by atoms with Gasteiger partial charge in [0.1, 0.15) is 0 Å². The third-order valence-corrected chi connectivity index (χ3v) is 2.81. The van der Waals surface area contributed by atoms with Gasteiger partial charge in [0.15, 0.2) is 0 Å². The highest BCUT2D eigenvalue weighted by atomic mass is 79.9. The average molecular weight is 266 g/mol. The van der Waals surface area contributed by atoms with E-state index in [9.17, 15) is 0 Å². The summed E-state index contributed by atoms with van der Waals surface area (Å²) in [7, 11) is 0. The van der Waals surface area contributed by atoms with Crippen molar-refractivity contribution in [2.24, 2.45) is 0 Å². The van der Waals surface area contributed by atoms with Crippen molar-refractivity contribution >= 4 is 15.9 Å². The summed E-state index contributed by atoms with van der Waals surface area (Å²) in [5.41, 5.74) is 0. The van der Waals surface area contributed by atoms with Gasteiger partial charge < -0.3 is 9.64 Å². The number of halogens is 1. The number of hydrogen-bond acceptors (Lipinski definition) is 2. The Hall–Kier alpha value is 0.400. The topological polar surface area (TPSA) is 12.5 Å².